The summed E-state index contributed by atoms with van der Waals surface area (Å²) in [4.78, 5) is 0. The summed E-state index contributed by atoms with van der Waals surface area (Å²) in [5.74, 6) is 1.96. The smallest absolute Gasteiger partial charge is 0.142 e. The highest BCUT2D eigenvalue weighted by Crippen LogP contribution is 2.28. The first-order valence-electron chi connectivity index (χ1n) is 5.36. The average molecular weight is 269 g/mol. The normalized spacial score (nSPS) is 18.2. The molecule has 0 saturated carbocycles. The quantitative estimate of drug-likeness (QED) is 0.843. The van der Waals surface area contributed by atoms with Gasteiger partial charge in [-0.25, -0.2) is 0 Å². The maximum atomic E-state index is 5.80. The Morgan fingerprint density at radius 1 is 1.11 bits per heavy atom. The van der Waals surface area contributed by atoms with Crippen molar-refractivity contribution in [3.63, 3.8) is 0 Å². The molecule has 0 aromatic heterocycles. The van der Waals surface area contributed by atoms with Gasteiger partial charge in [-0.15, -0.1) is 5.10 Å². The first kappa shape index (κ1) is 12.7. The van der Waals surface area contributed by atoms with Gasteiger partial charge in [-0.3, -0.25) is 0 Å². The van der Waals surface area contributed by atoms with Crippen LogP contribution in [0.2, 0.25) is 0 Å². The van der Waals surface area contributed by atoms with E-state index in [1.165, 1.54) is 0 Å². The Hall–Kier alpha value is -1.75. The van der Waals surface area contributed by atoms with Gasteiger partial charge >= 0.3 is 0 Å². The van der Waals surface area contributed by atoms with Crippen molar-refractivity contribution in [3.8, 4) is 17.2 Å². The maximum absolute atomic E-state index is 5.80. The highest BCUT2D eigenvalue weighted by atomic mass is 35.5. The molecule has 96 valence electrons. The molecular weight excluding hydrogens is 256 g/mol. The molecule has 0 fully saturated rings. The summed E-state index contributed by atoms with van der Waals surface area (Å²) >= 11 is 5.80. The van der Waals surface area contributed by atoms with Crippen LogP contribution in [0, 0.1) is 0 Å². The molecule has 1 aromatic rings. The molecular formula is C12H13ClN2O3. The minimum Gasteiger partial charge on any atom is -0.496 e. The van der Waals surface area contributed by atoms with Gasteiger partial charge < -0.3 is 14.2 Å². The summed E-state index contributed by atoms with van der Waals surface area (Å²) in [5.41, 5.74) is 0. The van der Waals surface area contributed by atoms with E-state index in [0.29, 0.717) is 28.8 Å². The molecule has 0 radical (unpaired) electrons. The largest absolute Gasteiger partial charge is 0.496 e. The molecule has 1 unspecified atom stereocenters. The molecule has 0 saturated heterocycles. The minimum absolute atomic E-state index is 0.230. The van der Waals surface area contributed by atoms with E-state index >= 15 is 0 Å². The van der Waals surface area contributed by atoms with Gasteiger partial charge in [-0.1, -0.05) is 11.6 Å². The second-order valence-electron chi connectivity index (χ2n) is 3.65. The zero-order chi connectivity index (χ0) is 13.0. The lowest BCUT2D eigenvalue weighted by molar-refractivity contribution is 0.274. The molecule has 0 bridgehead atoms. The molecule has 0 spiro atoms. The molecule has 1 aliphatic heterocycles. The number of hydrogen-bond donors (Lipinski definition) is 0. The lowest BCUT2D eigenvalue weighted by Crippen LogP contribution is -2.22. The van der Waals surface area contributed by atoms with Crippen LogP contribution in [0.3, 0.4) is 0 Å². The van der Waals surface area contributed by atoms with E-state index in [2.05, 4.69) is 10.2 Å². The highest BCUT2D eigenvalue weighted by molar-refractivity contribution is 6.65. The standard InChI is InChI=1S/C12H13ClN2O3/c1-16-8-3-9(17-2)5-10(4-8)18-11-6-12(13)15-14-7-11/h3-5,7,11H,6H2,1-2H3. The number of rotatable bonds is 4. The molecule has 5 nitrogen and oxygen atoms in total. The Balaban J connectivity index is 2.13. The zero-order valence-corrected chi connectivity index (χ0v) is 10.8. The van der Waals surface area contributed by atoms with Crippen LogP contribution in [0.15, 0.2) is 28.4 Å². The lowest BCUT2D eigenvalue weighted by Gasteiger charge is -2.17. The topological polar surface area (TPSA) is 52.4 Å². The predicted molar refractivity (Wildman–Crippen MR) is 70.4 cm³/mol. The summed E-state index contributed by atoms with van der Waals surface area (Å²) in [6.07, 6.45) is 1.88. The Bertz CT molecular complexity index is 466. The van der Waals surface area contributed by atoms with Crippen molar-refractivity contribution in [1.29, 1.82) is 0 Å². The second kappa shape index (κ2) is 5.73. The summed E-state index contributed by atoms with van der Waals surface area (Å²) in [7, 11) is 3.17. The number of benzene rings is 1. The van der Waals surface area contributed by atoms with Gasteiger partial charge in [-0.05, 0) is 0 Å². The Kier molecular flexibility index (Phi) is 4.04. The van der Waals surface area contributed by atoms with Crippen molar-refractivity contribution in [2.24, 2.45) is 10.2 Å². The van der Waals surface area contributed by atoms with Crippen LogP contribution in [0.25, 0.3) is 0 Å². The Morgan fingerprint density at radius 3 is 2.28 bits per heavy atom. The summed E-state index contributed by atoms with van der Waals surface area (Å²) < 4.78 is 16.1. The van der Waals surface area contributed by atoms with Crippen LogP contribution in [0.1, 0.15) is 6.42 Å². The van der Waals surface area contributed by atoms with Gasteiger partial charge in [0, 0.05) is 24.6 Å². The van der Waals surface area contributed by atoms with E-state index in [-0.39, 0.29) is 6.10 Å². The third kappa shape index (κ3) is 3.13. The molecule has 6 heteroatoms. The van der Waals surface area contributed by atoms with E-state index in [4.69, 9.17) is 25.8 Å². The van der Waals surface area contributed by atoms with Crippen LogP contribution in [-0.2, 0) is 0 Å². The van der Waals surface area contributed by atoms with Crippen LogP contribution in [0.5, 0.6) is 17.2 Å². The van der Waals surface area contributed by atoms with Gasteiger partial charge in [0.1, 0.15) is 28.5 Å². The number of ether oxygens (including phenoxy) is 3. The molecule has 0 aliphatic carbocycles. The maximum Gasteiger partial charge on any atom is 0.142 e. The van der Waals surface area contributed by atoms with Gasteiger partial charge in [0.2, 0.25) is 0 Å². The number of hydrogen-bond acceptors (Lipinski definition) is 5. The van der Waals surface area contributed by atoms with Gasteiger partial charge in [-0.2, -0.15) is 5.10 Å². The van der Waals surface area contributed by atoms with E-state index in [1.54, 1.807) is 38.6 Å². The molecule has 0 amide bonds. The summed E-state index contributed by atoms with van der Waals surface area (Å²) in [5, 5.41) is 7.90. The van der Waals surface area contributed by atoms with Crippen molar-refractivity contribution in [1.82, 2.24) is 0 Å². The van der Waals surface area contributed by atoms with Crippen molar-refractivity contribution >= 4 is 23.0 Å². The van der Waals surface area contributed by atoms with E-state index in [1.807, 2.05) is 0 Å². The van der Waals surface area contributed by atoms with Crippen molar-refractivity contribution in [2.45, 2.75) is 12.5 Å². The summed E-state index contributed by atoms with van der Waals surface area (Å²) in [6, 6.07) is 5.32. The lowest BCUT2D eigenvalue weighted by atomic mass is 10.2. The zero-order valence-electron chi connectivity index (χ0n) is 10.1. The second-order valence-corrected chi connectivity index (χ2v) is 4.09. The van der Waals surface area contributed by atoms with Crippen LogP contribution in [-0.4, -0.2) is 31.7 Å². The molecule has 1 atom stereocenters. The van der Waals surface area contributed by atoms with E-state index < -0.39 is 0 Å². The molecule has 2 rings (SSSR count). The van der Waals surface area contributed by atoms with Gasteiger partial charge in [0.15, 0.2) is 0 Å². The van der Waals surface area contributed by atoms with E-state index in [9.17, 15) is 0 Å². The number of nitrogens with zero attached hydrogens (tertiary/aromatic N) is 2. The fourth-order valence-electron chi connectivity index (χ4n) is 1.53. The predicted octanol–water partition coefficient (Wildman–Crippen LogP) is 2.48. The Labute approximate surface area is 110 Å². The SMILES string of the molecule is COc1cc(OC)cc(OC2C=NN=C(Cl)C2)c1. The Morgan fingerprint density at radius 2 is 1.72 bits per heavy atom. The van der Waals surface area contributed by atoms with Crippen LogP contribution >= 0.6 is 11.6 Å². The minimum atomic E-state index is -0.230. The highest BCUT2D eigenvalue weighted by Gasteiger charge is 2.15. The first-order chi connectivity index (χ1) is 8.71. The molecule has 1 aromatic carbocycles. The average Bonchev–Trinajstić information content (AvgIpc) is 2.38. The number of methoxy groups -OCH3 is 2. The van der Waals surface area contributed by atoms with Crippen LogP contribution in [0.4, 0.5) is 0 Å². The van der Waals surface area contributed by atoms with Crippen molar-refractivity contribution in [2.75, 3.05) is 14.2 Å². The number of halogens is 1. The van der Waals surface area contributed by atoms with Crippen molar-refractivity contribution in [3.05, 3.63) is 18.2 Å². The summed E-state index contributed by atoms with van der Waals surface area (Å²) in [6.45, 7) is 0. The molecule has 1 heterocycles. The molecule has 18 heavy (non-hydrogen) atoms. The van der Waals surface area contributed by atoms with Gasteiger partial charge in [0.25, 0.3) is 0 Å². The molecule has 1 aliphatic rings. The van der Waals surface area contributed by atoms with Crippen molar-refractivity contribution < 1.29 is 14.2 Å². The third-order valence-electron chi connectivity index (χ3n) is 2.38. The van der Waals surface area contributed by atoms with Crippen LogP contribution < -0.4 is 14.2 Å². The third-order valence-corrected chi connectivity index (χ3v) is 2.61. The van der Waals surface area contributed by atoms with E-state index in [0.717, 1.165) is 0 Å². The fraction of sp³-hybridized carbons (Fsp3) is 0.333. The monoisotopic (exact) mass is 268 g/mol. The molecule has 0 N–H and O–H groups in total. The van der Waals surface area contributed by atoms with Gasteiger partial charge in [0.05, 0.1) is 20.4 Å². The fourth-order valence-corrected chi connectivity index (χ4v) is 1.72. The first-order valence-corrected chi connectivity index (χ1v) is 5.74.